The topological polar surface area (TPSA) is 78.1 Å². The maximum Gasteiger partial charge on any atom is 0.204 e. The molecule has 0 aliphatic carbocycles. The van der Waals surface area contributed by atoms with Crippen molar-refractivity contribution in [2.24, 2.45) is 0 Å². The molecule has 7 heteroatoms. The second-order valence-corrected chi connectivity index (χ2v) is 8.05. The minimum absolute atomic E-state index is 0.102. The summed E-state index contributed by atoms with van der Waals surface area (Å²) in [5.41, 5.74) is 0.114. The molecule has 0 bridgehead atoms. The molecule has 0 saturated heterocycles. The highest BCUT2D eigenvalue weighted by Crippen LogP contribution is 2.44. The Morgan fingerprint density at radius 1 is 0.966 bits per heavy atom. The minimum atomic E-state index is -0.238. The van der Waals surface area contributed by atoms with Gasteiger partial charge in [0.1, 0.15) is 16.7 Å². The largest absolute Gasteiger partial charge is 0.508 e. The van der Waals surface area contributed by atoms with Gasteiger partial charge in [-0.1, -0.05) is 11.8 Å². The van der Waals surface area contributed by atoms with Crippen molar-refractivity contribution in [3.63, 3.8) is 0 Å². The van der Waals surface area contributed by atoms with Gasteiger partial charge in [0.15, 0.2) is 22.0 Å². The number of benzene rings is 2. The molecule has 0 aliphatic rings. The van der Waals surface area contributed by atoms with Crippen molar-refractivity contribution < 1.29 is 23.7 Å². The first-order chi connectivity index (χ1) is 13.8. The lowest BCUT2D eigenvalue weighted by Crippen LogP contribution is -2.13. The van der Waals surface area contributed by atoms with Gasteiger partial charge in [0.2, 0.25) is 5.75 Å². The van der Waals surface area contributed by atoms with E-state index in [-0.39, 0.29) is 23.4 Å². The highest BCUT2D eigenvalue weighted by molar-refractivity contribution is 7.99. The summed E-state index contributed by atoms with van der Waals surface area (Å²) in [4.78, 5) is 13.8. The van der Waals surface area contributed by atoms with Crippen molar-refractivity contribution in [1.29, 1.82) is 0 Å². The Morgan fingerprint density at radius 2 is 1.62 bits per heavy atom. The molecular formula is C22H24O6S. The summed E-state index contributed by atoms with van der Waals surface area (Å²) in [6, 6.07) is 9.74. The SMILES string of the molecule is COc1c(OC(C)C)cc2oc(Sc3ccc(O)cc3)cc(=O)c2c1OC(C)C. The summed E-state index contributed by atoms with van der Waals surface area (Å²) in [7, 11) is 1.51. The lowest BCUT2D eigenvalue weighted by Gasteiger charge is -2.20. The fourth-order valence-electron chi connectivity index (χ4n) is 2.79. The molecule has 0 atom stereocenters. The third-order valence-electron chi connectivity index (χ3n) is 3.85. The van der Waals surface area contributed by atoms with Crippen LogP contribution in [0.4, 0.5) is 0 Å². The van der Waals surface area contributed by atoms with Crippen LogP contribution in [0.2, 0.25) is 0 Å². The first-order valence-corrected chi connectivity index (χ1v) is 10.1. The van der Waals surface area contributed by atoms with Crippen LogP contribution in [-0.4, -0.2) is 24.4 Å². The van der Waals surface area contributed by atoms with E-state index in [1.807, 2.05) is 27.7 Å². The Kier molecular flexibility index (Phi) is 6.27. The molecule has 2 aromatic carbocycles. The number of hydrogen-bond acceptors (Lipinski definition) is 7. The van der Waals surface area contributed by atoms with E-state index in [9.17, 15) is 9.90 Å². The fourth-order valence-corrected chi connectivity index (χ4v) is 3.59. The number of phenols is 1. The van der Waals surface area contributed by atoms with Crippen LogP contribution in [-0.2, 0) is 0 Å². The van der Waals surface area contributed by atoms with Crippen LogP contribution in [0.5, 0.6) is 23.0 Å². The van der Waals surface area contributed by atoms with E-state index in [2.05, 4.69) is 0 Å². The zero-order valence-corrected chi connectivity index (χ0v) is 17.8. The molecule has 29 heavy (non-hydrogen) atoms. The Bertz CT molecular complexity index is 1050. The van der Waals surface area contributed by atoms with Gasteiger partial charge in [0.05, 0.1) is 19.3 Å². The van der Waals surface area contributed by atoms with Gasteiger partial charge in [-0.3, -0.25) is 4.79 Å². The summed E-state index contributed by atoms with van der Waals surface area (Å²) in [6.07, 6.45) is -0.277. The maximum absolute atomic E-state index is 13.0. The molecule has 0 spiro atoms. The van der Waals surface area contributed by atoms with Crippen LogP contribution in [0.3, 0.4) is 0 Å². The van der Waals surface area contributed by atoms with Crippen molar-refractivity contribution in [3.8, 4) is 23.0 Å². The zero-order chi connectivity index (χ0) is 21.1. The van der Waals surface area contributed by atoms with Crippen LogP contribution in [0.1, 0.15) is 27.7 Å². The van der Waals surface area contributed by atoms with Crippen molar-refractivity contribution in [2.45, 2.75) is 49.9 Å². The molecule has 3 rings (SSSR count). The van der Waals surface area contributed by atoms with E-state index >= 15 is 0 Å². The predicted molar refractivity (Wildman–Crippen MR) is 113 cm³/mol. The normalized spacial score (nSPS) is 11.3. The highest BCUT2D eigenvalue weighted by Gasteiger charge is 2.23. The lowest BCUT2D eigenvalue weighted by molar-refractivity contribution is 0.210. The first-order valence-electron chi connectivity index (χ1n) is 9.27. The monoisotopic (exact) mass is 416 g/mol. The summed E-state index contributed by atoms with van der Waals surface area (Å²) in [6.45, 7) is 7.55. The summed E-state index contributed by atoms with van der Waals surface area (Å²) < 4.78 is 23.3. The summed E-state index contributed by atoms with van der Waals surface area (Å²) in [5.74, 6) is 1.30. The van der Waals surface area contributed by atoms with Crippen LogP contribution in [0.15, 0.2) is 55.6 Å². The molecule has 0 fully saturated rings. The van der Waals surface area contributed by atoms with Gasteiger partial charge in [-0.15, -0.1) is 0 Å². The molecule has 6 nitrogen and oxygen atoms in total. The molecule has 1 heterocycles. The Labute approximate surface area is 173 Å². The minimum Gasteiger partial charge on any atom is -0.508 e. The average molecular weight is 416 g/mol. The van der Waals surface area contributed by atoms with Crippen LogP contribution in [0.25, 0.3) is 11.0 Å². The van der Waals surface area contributed by atoms with Crippen molar-refractivity contribution in [2.75, 3.05) is 7.11 Å². The zero-order valence-electron chi connectivity index (χ0n) is 17.0. The van der Waals surface area contributed by atoms with E-state index < -0.39 is 0 Å². The number of ether oxygens (including phenoxy) is 3. The van der Waals surface area contributed by atoms with Gasteiger partial charge in [-0.2, -0.15) is 0 Å². The molecule has 0 amide bonds. The number of hydrogen-bond donors (Lipinski definition) is 1. The highest BCUT2D eigenvalue weighted by atomic mass is 32.2. The van der Waals surface area contributed by atoms with E-state index in [1.54, 1.807) is 30.3 Å². The van der Waals surface area contributed by atoms with E-state index in [0.29, 0.717) is 33.3 Å². The summed E-state index contributed by atoms with van der Waals surface area (Å²) in [5, 5.41) is 10.2. The first kappa shape index (κ1) is 20.9. The molecule has 1 aromatic heterocycles. The molecule has 1 N–H and O–H groups in total. The fraction of sp³-hybridized carbons (Fsp3) is 0.318. The number of methoxy groups -OCH3 is 1. The van der Waals surface area contributed by atoms with E-state index in [4.69, 9.17) is 18.6 Å². The number of phenolic OH excluding ortho intramolecular Hbond substituents is 1. The second-order valence-electron chi connectivity index (χ2n) is 6.97. The Morgan fingerprint density at radius 3 is 2.21 bits per heavy atom. The molecule has 3 aromatic rings. The predicted octanol–water partition coefficient (Wildman–Crippen LogP) is 5.23. The van der Waals surface area contributed by atoms with Gasteiger partial charge in [0, 0.05) is 17.0 Å². The summed E-state index contributed by atoms with van der Waals surface area (Å²) >= 11 is 1.28. The lowest BCUT2D eigenvalue weighted by atomic mass is 10.1. The van der Waals surface area contributed by atoms with E-state index in [1.165, 1.54) is 24.9 Å². The van der Waals surface area contributed by atoms with Crippen LogP contribution in [0, 0.1) is 0 Å². The maximum atomic E-state index is 13.0. The molecule has 0 unspecified atom stereocenters. The number of fused-ring (bicyclic) bond motifs is 1. The molecular weight excluding hydrogens is 392 g/mol. The number of rotatable bonds is 7. The third-order valence-corrected chi connectivity index (χ3v) is 4.76. The molecule has 0 aliphatic heterocycles. The molecule has 0 saturated carbocycles. The van der Waals surface area contributed by atoms with Gasteiger partial charge in [-0.25, -0.2) is 0 Å². The van der Waals surface area contributed by atoms with Gasteiger partial charge in [-0.05, 0) is 52.0 Å². The average Bonchev–Trinajstić information content (AvgIpc) is 2.62. The Hall–Kier alpha value is -2.80. The molecule has 154 valence electrons. The van der Waals surface area contributed by atoms with Gasteiger partial charge >= 0.3 is 0 Å². The third kappa shape index (κ3) is 4.79. The van der Waals surface area contributed by atoms with E-state index in [0.717, 1.165) is 4.90 Å². The van der Waals surface area contributed by atoms with Crippen molar-refractivity contribution in [3.05, 3.63) is 46.6 Å². The Balaban J connectivity index is 2.18. The standard InChI is InChI=1S/C22H24O6S/c1-12(2)26-18-11-17-20(22(21(18)25-5)27-13(3)4)16(24)10-19(28-17)29-15-8-6-14(23)7-9-15/h6-13,23H,1-5H3. The number of aromatic hydroxyl groups is 1. The van der Waals surface area contributed by atoms with Crippen molar-refractivity contribution >= 4 is 22.7 Å². The van der Waals surface area contributed by atoms with Crippen LogP contribution < -0.4 is 19.6 Å². The smallest absolute Gasteiger partial charge is 0.204 e. The second kappa shape index (κ2) is 8.69. The van der Waals surface area contributed by atoms with Gasteiger partial charge < -0.3 is 23.7 Å². The van der Waals surface area contributed by atoms with Gasteiger partial charge in [0.25, 0.3) is 0 Å². The quantitative estimate of drug-likeness (QED) is 0.565. The molecule has 0 radical (unpaired) electrons. The van der Waals surface area contributed by atoms with Crippen LogP contribution >= 0.6 is 11.8 Å². The van der Waals surface area contributed by atoms with Crippen molar-refractivity contribution in [1.82, 2.24) is 0 Å².